The van der Waals surface area contributed by atoms with E-state index in [1.54, 1.807) is 0 Å². The molecule has 0 aliphatic carbocycles. The molecule has 0 bridgehead atoms. The van der Waals surface area contributed by atoms with Crippen LogP contribution in [0.2, 0.25) is 0 Å². The lowest BCUT2D eigenvalue weighted by molar-refractivity contribution is 0.307. The molecule has 0 spiro atoms. The van der Waals surface area contributed by atoms with Crippen LogP contribution in [0.1, 0.15) is 119 Å². The van der Waals surface area contributed by atoms with Gasteiger partial charge in [-0.3, -0.25) is 0 Å². The third kappa shape index (κ3) is 13.4. The zero-order chi connectivity index (χ0) is 16.9. The largest absolute Gasteiger partial charge is 0.0885 e. The zero-order valence-corrected chi connectivity index (χ0v) is 16.6. The monoisotopic (exact) mass is 308 g/mol. The van der Waals surface area contributed by atoms with E-state index in [0.717, 1.165) is 0 Å². The van der Waals surface area contributed by atoms with Crippen molar-refractivity contribution in [1.29, 1.82) is 0 Å². The Balaban J connectivity index is 3.34. The summed E-state index contributed by atoms with van der Waals surface area (Å²) < 4.78 is 0. The van der Waals surface area contributed by atoms with Gasteiger partial charge in [0.15, 0.2) is 0 Å². The Morgan fingerprint density at radius 1 is 0.545 bits per heavy atom. The number of unbranched alkanes of at least 4 members (excludes halogenated alkanes) is 6. The highest BCUT2D eigenvalue weighted by Crippen LogP contribution is 2.28. The van der Waals surface area contributed by atoms with E-state index in [1.165, 1.54) is 77.0 Å². The molecule has 0 aromatic heterocycles. The second kappa shape index (κ2) is 12.2. The summed E-state index contributed by atoms with van der Waals surface area (Å²) in [4.78, 5) is 0. The van der Waals surface area contributed by atoms with Gasteiger partial charge >= 0.3 is 0 Å². The Kier molecular flexibility index (Phi) is 12.1. The van der Waals surface area contributed by atoms with Crippen molar-refractivity contribution in [2.45, 2.75) is 119 Å². The highest BCUT2D eigenvalue weighted by atomic mass is 14.2. The maximum atomic E-state index is 2.42. The van der Waals surface area contributed by atoms with Crippen LogP contribution in [-0.4, -0.2) is 0 Å². The first-order valence-corrected chi connectivity index (χ1v) is 9.98. The molecule has 0 N–H and O–H groups in total. The maximum absolute atomic E-state index is 2.42. The first-order chi connectivity index (χ1) is 10.3. The van der Waals surface area contributed by atoms with Gasteiger partial charge < -0.3 is 0 Å². The van der Waals surface area contributed by atoms with E-state index in [-0.39, 0.29) is 0 Å². The molecule has 0 unspecified atom stereocenters. The van der Waals surface area contributed by atoms with Crippen LogP contribution in [0.5, 0.6) is 0 Å². The average molecular weight is 309 g/mol. The summed E-state index contributed by atoms with van der Waals surface area (Å²) in [5.74, 6) is 0. The fraction of sp³-hybridized carbons (Fsp3) is 0.909. The SMILES string of the molecule is CCC(C)(C)CCCC=CCCCCCCCC(C)(C)CC. The van der Waals surface area contributed by atoms with Crippen molar-refractivity contribution < 1.29 is 0 Å². The van der Waals surface area contributed by atoms with E-state index in [4.69, 9.17) is 0 Å². The minimum absolute atomic E-state index is 0.542. The van der Waals surface area contributed by atoms with Crippen molar-refractivity contribution in [1.82, 2.24) is 0 Å². The zero-order valence-electron chi connectivity index (χ0n) is 16.6. The van der Waals surface area contributed by atoms with E-state index in [2.05, 4.69) is 53.7 Å². The van der Waals surface area contributed by atoms with Crippen LogP contribution in [0.3, 0.4) is 0 Å². The van der Waals surface area contributed by atoms with E-state index < -0.39 is 0 Å². The summed E-state index contributed by atoms with van der Waals surface area (Å²) in [5, 5.41) is 0. The standard InChI is InChI=1S/C22H44/c1-7-21(3,4)19-17-15-13-11-9-10-12-14-16-18-20-22(5,6)8-2/h11,13H,7-10,12,14-20H2,1-6H3. The summed E-state index contributed by atoms with van der Waals surface area (Å²) in [6.45, 7) is 14.2. The summed E-state index contributed by atoms with van der Waals surface area (Å²) in [5.41, 5.74) is 1.11. The molecule has 0 saturated heterocycles. The van der Waals surface area contributed by atoms with Crippen molar-refractivity contribution >= 4 is 0 Å². The molecule has 0 atom stereocenters. The molecule has 0 aliphatic rings. The van der Waals surface area contributed by atoms with Crippen LogP contribution in [0.25, 0.3) is 0 Å². The van der Waals surface area contributed by atoms with Crippen molar-refractivity contribution in [3.8, 4) is 0 Å². The number of allylic oxidation sites excluding steroid dienone is 2. The normalized spacial score (nSPS) is 13.2. The maximum Gasteiger partial charge on any atom is -0.0351 e. The molecule has 0 aromatic rings. The molecule has 0 fully saturated rings. The highest BCUT2D eigenvalue weighted by Gasteiger charge is 2.14. The lowest BCUT2D eigenvalue weighted by Crippen LogP contribution is -2.08. The van der Waals surface area contributed by atoms with Gasteiger partial charge in [0.25, 0.3) is 0 Å². The predicted octanol–water partition coefficient (Wildman–Crippen LogP) is 8.32. The Morgan fingerprint density at radius 3 is 1.50 bits per heavy atom. The van der Waals surface area contributed by atoms with Crippen LogP contribution in [0, 0.1) is 10.8 Å². The van der Waals surface area contributed by atoms with Gasteiger partial charge in [0.05, 0.1) is 0 Å². The minimum atomic E-state index is 0.542. The van der Waals surface area contributed by atoms with Crippen LogP contribution < -0.4 is 0 Å². The predicted molar refractivity (Wildman–Crippen MR) is 103 cm³/mol. The van der Waals surface area contributed by atoms with Crippen molar-refractivity contribution in [2.75, 3.05) is 0 Å². The van der Waals surface area contributed by atoms with E-state index in [0.29, 0.717) is 10.8 Å². The van der Waals surface area contributed by atoms with Crippen LogP contribution in [0.15, 0.2) is 12.2 Å². The second-order valence-corrected chi connectivity index (χ2v) is 8.71. The Hall–Kier alpha value is -0.260. The lowest BCUT2D eigenvalue weighted by atomic mass is 9.84. The summed E-state index contributed by atoms with van der Waals surface area (Å²) in [7, 11) is 0. The van der Waals surface area contributed by atoms with Crippen LogP contribution in [0.4, 0.5) is 0 Å². The van der Waals surface area contributed by atoms with E-state index in [1.807, 2.05) is 0 Å². The molecule has 0 saturated carbocycles. The van der Waals surface area contributed by atoms with Gasteiger partial charge in [-0.2, -0.15) is 0 Å². The number of rotatable bonds is 14. The molecule has 0 heteroatoms. The molecule has 0 aromatic carbocycles. The number of hydrogen-bond donors (Lipinski definition) is 0. The summed E-state index contributed by atoms with van der Waals surface area (Å²) in [6, 6.07) is 0. The average Bonchev–Trinajstić information content (AvgIpc) is 2.48. The Morgan fingerprint density at radius 2 is 0.955 bits per heavy atom. The van der Waals surface area contributed by atoms with Gasteiger partial charge in [-0.05, 0) is 49.4 Å². The molecular weight excluding hydrogens is 264 g/mol. The fourth-order valence-electron chi connectivity index (χ4n) is 2.68. The minimum Gasteiger partial charge on any atom is -0.0885 e. The third-order valence-corrected chi connectivity index (χ3v) is 5.53. The second-order valence-electron chi connectivity index (χ2n) is 8.71. The quantitative estimate of drug-likeness (QED) is 0.223. The Labute approximate surface area is 142 Å². The van der Waals surface area contributed by atoms with E-state index >= 15 is 0 Å². The molecule has 0 amide bonds. The van der Waals surface area contributed by atoms with Gasteiger partial charge in [-0.15, -0.1) is 0 Å². The Bertz CT molecular complexity index is 270. The van der Waals surface area contributed by atoms with Crippen LogP contribution in [-0.2, 0) is 0 Å². The van der Waals surface area contributed by atoms with Gasteiger partial charge in [0.1, 0.15) is 0 Å². The summed E-state index contributed by atoms with van der Waals surface area (Å²) in [6.07, 6.45) is 21.2. The van der Waals surface area contributed by atoms with Crippen molar-refractivity contribution in [3.05, 3.63) is 12.2 Å². The third-order valence-electron chi connectivity index (χ3n) is 5.53. The molecule has 0 heterocycles. The molecule has 0 radical (unpaired) electrons. The van der Waals surface area contributed by atoms with Crippen molar-refractivity contribution in [3.63, 3.8) is 0 Å². The molecule has 0 rings (SSSR count). The van der Waals surface area contributed by atoms with Gasteiger partial charge in [0.2, 0.25) is 0 Å². The molecule has 0 nitrogen and oxygen atoms in total. The molecule has 0 aliphatic heterocycles. The van der Waals surface area contributed by atoms with Gasteiger partial charge in [-0.1, -0.05) is 92.2 Å². The molecular formula is C22H44. The van der Waals surface area contributed by atoms with Crippen LogP contribution >= 0.6 is 0 Å². The first-order valence-electron chi connectivity index (χ1n) is 9.98. The molecule has 132 valence electrons. The van der Waals surface area contributed by atoms with Crippen molar-refractivity contribution in [2.24, 2.45) is 10.8 Å². The van der Waals surface area contributed by atoms with Gasteiger partial charge in [0, 0.05) is 0 Å². The lowest BCUT2D eigenvalue weighted by Gasteiger charge is -2.22. The van der Waals surface area contributed by atoms with Gasteiger partial charge in [-0.25, -0.2) is 0 Å². The molecule has 22 heavy (non-hydrogen) atoms. The fourth-order valence-corrected chi connectivity index (χ4v) is 2.68. The van der Waals surface area contributed by atoms with E-state index in [9.17, 15) is 0 Å². The first kappa shape index (κ1) is 21.7. The summed E-state index contributed by atoms with van der Waals surface area (Å²) >= 11 is 0. The number of hydrogen-bond acceptors (Lipinski definition) is 0. The smallest absolute Gasteiger partial charge is 0.0351 e. The topological polar surface area (TPSA) is 0 Å². The highest BCUT2D eigenvalue weighted by molar-refractivity contribution is 4.82.